The Kier molecular flexibility index (Phi) is 10.0. The molecule has 9 nitrogen and oxygen atoms in total. The minimum absolute atomic E-state index is 0.0916. The van der Waals surface area contributed by atoms with Gasteiger partial charge in [0.15, 0.2) is 11.5 Å². The number of ether oxygens (including phenoxy) is 2. The molecule has 0 unspecified atom stereocenters. The van der Waals surface area contributed by atoms with Gasteiger partial charge in [-0.15, -0.1) is 0 Å². The zero-order valence-electron chi connectivity index (χ0n) is 22.9. The van der Waals surface area contributed by atoms with Crippen molar-refractivity contribution in [2.45, 2.75) is 64.6 Å². The molecule has 2 amide bonds. The van der Waals surface area contributed by atoms with Gasteiger partial charge in [0.1, 0.15) is 12.6 Å². The van der Waals surface area contributed by atoms with Gasteiger partial charge in [0, 0.05) is 18.7 Å². The van der Waals surface area contributed by atoms with Crippen LogP contribution in [0, 0.1) is 6.92 Å². The van der Waals surface area contributed by atoms with Crippen molar-refractivity contribution in [1.82, 2.24) is 10.2 Å². The van der Waals surface area contributed by atoms with Crippen LogP contribution in [0.5, 0.6) is 11.5 Å². The molecule has 0 bridgehead atoms. The molecule has 1 atom stereocenters. The SMILES string of the molecule is COc1ccc(N(CC(=O)N(Cc2cccc(C)c2)[C@@H](C)C(=O)NC2CCCCC2)S(C)(=O)=O)cc1OC. The fourth-order valence-corrected chi connectivity index (χ4v) is 5.59. The zero-order valence-corrected chi connectivity index (χ0v) is 23.7. The molecule has 208 valence electrons. The van der Waals surface area contributed by atoms with Gasteiger partial charge in [0.05, 0.1) is 26.2 Å². The van der Waals surface area contributed by atoms with E-state index in [2.05, 4.69) is 5.32 Å². The Bertz CT molecular complexity index is 1230. The molecular weight excluding hydrogens is 506 g/mol. The first-order chi connectivity index (χ1) is 18.0. The lowest BCUT2D eigenvalue weighted by atomic mass is 9.95. The van der Waals surface area contributed by atoms with Crippen LogP contribution >= 0.6 is 0 Å². The van der Waals surface area contributed by atoms with E-state index in [-0.39, 0.29) is 24.2 Å². The Morgan fingerprint density at radius 3 is 2.32 bits per heavy atom. The fraction of sp³-hybridized carbons (Fsp3) is 0.500. The largest absolute Gasteiger partial charge is 0.493 e. The highest BCUT2D eigenvalue weighted by molar-refractivity contribution is 7.92. The fourth-order valence-electron chi connectivity index (χ4n) is 4.75. The minimum atomic E-state index is -3.85. The summed E-state index contributed by atoms with van der Waals surface area (Å²) in [7, 11) is -0.914. The quantitative estimate of drug-likeness (QED) is 0.462. The Morgan fingerprint density at radius 1 is 1.03 bits per heavy atom. The number of aryl methyl sites for hydroxylation is 1. The number of benzene rings is 2. The molecule has 0 aromatic heterocycles. The van der Waals surface area contributed by atoms with Gasteiger partial charge in [-0.2, -0.15) is 0 Å². The number of sulfonamides is 1. The molecule has 0 saturated heterocycles. The van der Waals surface area contributed by atoms with Gasteiger partial charge in [-0.3, -0.25) is 13.9 Å². The molecular formula is C28H39N3O6S. The molecule has 1 fully saturated rings. The van der Waals surface area contributed by atoms with Crippen LogP contribution in [0.25, 0.3) is 0 Å². The highest BCUT2D eigenvalue weighted by Crippen LogP contribution is 2.32. The Labute approximate surface area is 226 Å². The van der Waals surface area contributed by atoms with E-state index in [1.54, 1.807) is 19.1 Å². The first kappa shape index (κ1) is 29.3. The number of carbonyl (C=O) groups is 2. The van der Waals surface area contributed by atoms with Crippen molar-refractivity contribution >= 4 is 27.5 Å². The maximum Gasteiger partial charge on any atom is 0.244 e. The number of rotatable bonds is 11. The van der Waals surface area contributed by atoms with Crippen LogP contribution in [0.2, 0.25) is 0 Å². The zero-order chi connectivity index (χ0) is 27.9. The van der Waals surface area contributed by atoms with Gasteiger partial charge >= 0.3 is 0 Å². The summed E-state index contributed by atoms with van der Waals surface area (Å²) in [6, 6.07) is 11.6. The molecule has 10 heteroatoms. The summed E-state index contributed by atoms with van der Waals surface area (Å²) < 4.78 is 37.2. The summed E-state index contributed by atoms with van der Waals surface area (Å²) in [6.07, 6.45) is 6.19. The topological polar surface area (TPSA) is 105 Å². The molecule has 38 heavy (non-hydrogen) atoms. The second-order valence-electron chi connectivity index (χ2n) is 9.84. The molecule has 2 aromatic rings. The van der Waals surface area contributed by atoms with E-state index in [1.807, 2.05) is 31.2 Å². The van der Waals surface area contributed by atoms with Crippen LogP contribution in [0.4, 0.5) is 5.69 Å². The third-order valence-electron chi connectivity index (χ3n) is 6.89. The van der Waals surface area contributed by atoms with Gasteiger partial charge in [0.2, 0.25) is 21.8 Å². The van der Waals surface area contributed by atoms with E-state index in [0.29, 0.717) is 11.5 Å². The number of hydrogen-bond donors (Lipinski definition) is 1. The summed E-state index contributed by atoms with van der Waals surface area (Å²) in [4.78, 5) is 28.5. The smallest absolute Gasteiger partial charge is 0.244 e. The lowest BCUT2D eigenvalue weighted by molar-refractivity contribution is -0.139. The van der Waals surface area contributed by atoms with Crippen LogP contribution in [0.3, 0.4) is 0 Å². The number of nitrogens with zero attached hydrogens (tertiary/aromatic N) is 2. The van der Waals surface area contributed by atoms with Crippen molar-refractivity contribution in [1.29, 1.82) is 0 Å². The van der Waals surface area contributed by atoms with Gasteiger partial charge in [-0.05, 0) is 44.4 Å². The van der Waals surface area contributed by atoms with Crippen LogP contribution in [-0.2, 0) is 26.2 Å². The molecule has 3 rings (SSSR count). The Hall–Kier alpha value is -3.27. The first-order valence-corrected chi connectivity index (χ1v) is 14.7. The average molecular weight is 546 g/mol. The Morgan fingerprint density at radius 2 is 1.71 bits per heavy atom. The lowest BCUT2D eigenvalue weighted by Crippen LogP contribution is -2.53. The Balaban J connectivity index is 1.90. The lowest BCUT2D eigenvalue weighted by Gasteiger charge is -2.33. The van der Waals surface area contributed by atoms with Crippen LogP contribution in [0.15, 0.2) is 42.5 Å². The summed E-state index contributed by atoms with van der Waals surface area (Å²) >= 11 is 0. The number of anilines is 1. The second-order valence-corrected chi connectivity index (χ2v) is 11.7. The molecule has 1 aliphatic rings. The molecule has 1 aliphatic carbocycles. The van der Waals surface area contributed by atoms with E-state index in [9.17, 15) is 18.0 Å². The van der Waals surface area contributed by atoms with E-state index in [4.69, 9.17) is 9.47 Å². The second kappa shape index (κ2) is 13.0. The van der Waals surface area contributed by atoms with E-state index in [0.717, 1.165) is 53.8 Å². The number of hydrogen-bond acceptors (Lipinski definition) is 6. The number of amides is 2. The molecule has 1 saturated carbocycles. The predicted octanol–water partition coefficient (Wildman–Crippen LogP) is 3.64. The van der Waals surface area contributed by atoms with Crippen molar-refractivity contribution in [2.24, 2.45) is 0 Å². The minimum Gasteiger partial charge on any atom is -0.493 e. The van der Waals surface area contributed by atoms with Crippen molar-refractivity contribution in [3.05, 3.63) is 53.6 Å². The van der Waals surface area contributed by atoms with Crippen molar-refractivity contribution < 1.29 is 27.5 Å². The van der Waals surface area contributed by atoms with Crippen LogP contribution < -0.4 is 19.1 Å². The number of methoxy groups -OCH3 is 2. The highest BCUT2D eigenvalue weighted by atomic mass is 32.2. The van der Waals surface area contributed by atoms with Crippen molar-refractivity contribution in [3.63, 3.8) is 0 Å². The molecule has 2 aromatic carbocycles. The molecule has 1 N–H and O–H groups in total. The molecule has 0 aliphatic heterocycles. The average Bonchev–Trinajstić information content (AvgIpc) is 2.89. The van der Waals surface area contributed by atoms with E-state index in [1.165, 1.54) is 25.2 Å². The summed E-state index contributed by atoms with van der Waals surface area (Å²) in [6.45, 7) is 3.34. The molecule has 0 spiro atoms. The maximum absolute atomic E-state index is 13.8. The summed E-state index contributed by atoms with van der Waals surface area (Å²) in [5, 5.41) is 3.10. The molecule has 0 heterocycles. The molecule has 0 radical (unpaired) electrons. The third-order valence-corrected chi connectivity index (χ3v) is 8.03. The van der Waals surface area contributed by atoms with Gasteiger partial charge in [-0.25, -0.2) is 8.42 Å². The third kappa shape index (κ3) is 7.63. The van der Waals surface area contributed by atoms with Crippen LogP contribution in [-0.4, -0.2) is 64.2 Å². The standard InChI is InChI=1S/C28H39N3O6S/c1-20-10-9-11-22(16-20)18-30(21(2)28(33)29-23-12-7-6-8-13-23)27(32)19-31(38(5,34)35)24-14-15-25(36-3)26(17-24)37-4/h9-11,14-17,21,23H,6-8,12-13,18-19H2,1-5H3,(H,29,33)/t21-/m0/s1. The van der Waals surface area contributed by atoms with Gasteiger partial charge in [-0.1, -0.05) is 49.1 Å². The normalized spacial score (nSPS) is 14.9. The predicted molar refractivity (Wildman–Crippen MR) is 148 cm³/mol. The van der Waals surface area contributed by atoms with Crippen molar-refractivity contribution in [3.8, 4) is 11.5 Å². The van der Waals surface area contributed by atoms with Crippen LogP contribution in [0.1, 0.15) is 50.2 Å². The monoisotopic (exact) mass is 545 g/mol. The van der Waals surface area contributed by atoms with Gasteiger partial charge < -0.3 is 19.7 Å². The maximum atomic E-state index is 13.8. The van der Waals surface area contributed by atoms with E-state index >= 15 is 0 Å². The highest BCUT2D eigenvalue weighted by Gasteiger charge is 2.31. The number of carbonyl (C=O) groups excluding carboxylic acids is 2. The van der Waals surface area contributed by atoms with Gasteiger partial charge in [0.25, 0.3) is 0 Å². The van der Waals surface area contributed by atoms with Crippen molar-refractivity contribution in [2.75, 3.05) is 31.3 Å². The first-order valence-electron chi connectivity index (χ1n) is 12.9. The van der Waals surface area contributed by atoms with E-state index < -0.39 is 28.5 Å². The summed E-state index contributed by atoms with van der Waals surface area (Å²) in [5.74, 6) is 0.0426. The number of nitrogens with one attached hydrogen (secondary N) is 1. The summed E-state index contributed by atoms with van der Waals surface area (Å²) in [5.41, 5.74) is 2.14.